The second-order valence-electron chi connectivity index (χ2n) is 6.94. The van der Waals surface area contributed by atoms with E-state index in [1.807, 2.05) is 24.3 Å². The standard InChI is InChI=1S/C23H23F2N3O2/c1-3-5-10-20-26-22(23(24,25)4-2)27-28(20)15-16-11-13-17(14-12-16)18-8-6-7-9-19(18)21(29)30/h3,6-9,11-14H,1,4-5,10,15H2,2H3,(H,29,30). The summed E-state index contributed by atoms with van der Waals surface area (Å²) >= 11 is 0. The van der Waals surface area contributed by atoms with Crippen LogP contribution in [0.25, 0.3) is 11.1 Å². The molecule has 1 N–H and O–H groups in total. The summed E-state index contributed by atoms with van der Waals surface area (Å²) in [5, 5.41) is 13.4. The van der Waals surface area contributed by atoms with Gasteiger partial charge in [0.25, 0.3) is 0 Å². The first-order chi connectivity index (χ1) is 14.4. The Labute approximate surface area is 173 Å². The predicted molar refractivity (Wildman–Crippen MR) is 111 cm³/mol. The SMILES string of the molecule is C=CCCc1nc(C(F)(F)CC)nn1Cc1ccc(-c2ccccc2C(=O)O)cc1. The summed E-state index contributed by atoms with van der Waals surface area (Å²) in [5.74, 6) is -4.04. The highest BCUT2D eigenvalue weighted by molar-refractivity contribution is 5.95. The summed E-state index contributed by atoms with van der Waals surface area (Å²) in [6, 6.07) is 14.1. The van der Waals surface area contributed by atoms with Crippen LogP contribution >= 0.6 is 0 Å². The average Bonchev–Trinajstić information content (AvgIpc) is 3.16. The molecule has 0 atom stereocenters. The van der Waals surface area contributed by atoms with Crippen LogP contribution in [-0.4, -0.2) is 25.8 Å². The van der Waals surface area contributed by atoms with E-state index in [0.717, 1.165) is 11.1 Å². The zero-order valence-electron chi connectivity index (χ0n) is 16.7. The van der Waals surface area contributed by atoms with Gasteiger partial charge in [-0.3, -0.25) is 0 Å². The molecule has 3 rings (SSSR count). The molecule has 0 aliphatic heterocycles. The molecule has 156 valence electrons. The number of carbonyl (C=O) groups is 1. The van der Waals surface area contributed by atoms with Crippen LogP contribution < -0.4 is 0 Å². The van der Waals surface area contributed by atoms with E-state index >= 15 is 0 Å². The summed E-state index contributed by atoms with van der Waals surface area (Å²) in [6.07, 6.45) is 2.43. The van der Waals surface area contributed by atoms with Crippen molar-refractivity contribution in [1.29, 1.82) is 0 Å². The molecule has 0 saturated carbocycles. The van der Waals surface area contributed by atoms with E-state index in [2.05, 4.69) is 16.7 Å². The summed E-state index contributed by atoms with van der Waals surface area (Å²) in [5.41, 5.74) is 2.46. The van der Waals surface area contributed by atoms with Crippen LogP contribution in [0.1, 0.15) is 47.3 Å². The highest BCUT2D eigenvalue weighted by atomic mass is 19.3. The number of allylic oxidation sites excluding steroid dienone is 1. The molecule has 0 saturated heterocycles. The van der Waals surface area contributed by atoms with E-state index in [1.54, 1.807) is 30.3 Å². The largest absolute Gasteiger partial charge is 0.478 e. The Morgan fingerprint density at radius 3 is 2.53 bits per heavy atom. The highest BCUT2D eigenvalue weighted by Gasteiger charge is 2.35. The molecule has 5 nitrogen and oxygen atoms in total. The molecule has 1 aromatic heterocycles. The summed E-state index contributed by atoms with van der Waals surface area (Å²) in [4.78, 5) is 15.5. The number of benzene rings is 2. The van der Waals surface area contributed by atoms with Crippen molar-refractivity contribution in [3.63, 3.8) is 0 Å². The van der Waals surface area contributed by atoms with Gasteiger partial charge in [-0.25, -0.2) is 14.5 Å². The number of carboxylic acid groups (broad SMARTS) is 1. The smallest absolute Gasteiger partial charge is 0.336 e. The number of aromatic nitrogens is 3. The minimum Gasteiger partial charge on any atom is -0.478 e. The van der Waals surface area contributed by atoms with Crippen molar-refractivity contribution in [3.05, 3.63) is 84.0 Å². The molecule has 30 heavy (non-hydrogen) atoms. The fourth-order valence-electron chi connectivity index (χ4n) is 3.11. The maximum Gasteiger partial charge on any atom is 0.336 e. The van der Waals surface area contributed by atoms with Crippen LogP contribution in [0.2, 0.25) is 0 Å². The van der Waals surface area contributed by atoms with Crippen LogP contribution in [0.3, 0.4) is 0 Å². The van der Waals surface area contributed by atoms with Gasteiger partial charge in [-0.05, 0) is 29.2 Å². The molecule has 0 aliphatic carbocycles. The van der Waals surface area contributed by atoms with Gasteiger partial charge in [0.15, 0.2) is 0 Å². The van der Waals surface area contributed by atoms with Crippen molar-refractivity contribution in [1.82, 2.24) is 14.8 Å². The van der Waals surface area contributed by atoms with E-state index in [0.29, 0.717) is 30.8 Å². The average molecular weight is 411 g/mol. The van der Waals surface area contributed by atoms with Gasteiger partial charge < -0.3 is 5.11 Å². The third-order valence-corrected chi connectivity index (χ3v) is 4.85. The lowest BCUT2D eigenvalue weighted by Gasteiger charge is -2.09. The number of hydrogen-bond acceptors (Lipinski definition) is 3. The molecule has 2 aromatic carbocycles. The zero-order valence-corrected chi connectivity index (χ0v) is 16.7. The number of nitrogens with zero attached hydrogens (tertiary/aromatic N) is 3. The second kappa shape index (κ2) is 8.98. The lowest BCUT2D eigenvalue weighted by Crippen LogP contribution is -2.14. The van der Waals surface area contributed by atoms with Crippen LogP contribution in [0.4, 0.5) is 8.78 Å². The fraction of sp³-hybridized carbons (Fsp3) is 0.261. The van der Waals surface area contributed by atoms with Crippen LogP contribution in [-0.2, 0) is 18.9 Å². The lowest BCUT2D eigenvalue weighted by atomic mass is 9.99. The van der Waals surface area contributed by atoms with E-state index in [-0.39, 0.29) is 12.0 Å². The fourth-order valence-corrected chi connectivity index (χ4v) is 3.11. The second-order valence-corrected chi connectivity index (χ2v) is 6.94. The van der Waals surface area contributed by atoms with E-state index < -0.39 is 17.7 Å². The maximum absolute atomic E-state index is 14.1. The van der Waals surface area contributed by atoms with Gasteiger partial charge in [-0.2, -0.15) is 8.78 Å². The number of carboxylic acids is 1. The van der Waals surface area contributed by atoms with Crippen molar-refractivity contribution in [3.8, 4) is 11.1 Å². The van der Waals surface area contributed by atoms with Crippen LogP contribution in [0.15, 0.2) is 61.2 Å². The molecule has 3 aromatic rings. The normalized spacial score (nSPS) is 11.4. The van der Waals surface area contributed by atoms with Crippen molar-refractivity contribution < 1.29 is 18.7 Å². The topological polar surface area (TPSA) is 68.0 Å². The minimum atomic E-state index is -3.07. The van der Waals surface area contributed by atoms with Crippen molar-refractivity contribution >= 4 is 5.97 Å². The molecule has 0 fully saturated rings. The van der Waals surface area contributed by atoms with Gasteiger partial charge in [0.1, 0.15) is 5.82 Å². The molecule has 1 heterocycles. The quantitative estimate of drug-likeness (QED) is 0.485. The Morgan fingerprint density at radius 1 is 1.20 bits per heavy atom. The van der Waals surface area contributed by atoms with E-state index in [4.69, 9.17) is 0 Å². The van der Waals surface area contributed by atoms with Crippen LogP contribution in [0.5, 0.6) is 0 Å². The van der Waals surface area contributed by atoms with Crippen molar-refractivity contribution in [2.75, 3.05) is 0 Å². The Bertz CT molecular complexity index is 1040. The van der Waals surface area contributed by atoms with E-state index in [9.17, 15) is 18.7 Å². The van der Waals surface area contributed by atoms with Gasteiger partial charge >= 0.3 is 11.9 Å². The third-order valence-electron chi connectivity index (χ3n) is 4.85. The number of halogens is 2. The molecule has 0 spiro atoms. The number of hydrogen-bond donors (Lipinski definition) is 1. The lowest BCUT2D eigenvalue weighted by molar-refractivity contribution is -0.0177. The molecular formula is C23H23F2N3O2. The Kier molecular flexibility index (Phi) is 6.40. The minimum absolute atomic E-state index is 0.222. The summed E-state index contributed by atoms with van der Waals surface area (Å²) in [6.45, 7) is 5.36. The number of aromatic carboxylic acids is 1. The highest BCUT2D eigenvalue weighted by Crippen LogP contribution is 2.29. The Balaban J connectivity index is 1.88. The number of rotatable bonds is 9. The molecule has 0 unspecified atom stereocenters. The molecule has 0 amide bonds. The van der Waals surface area contributed by atoms with Gasteiger partial charge in [-0.15, -0.1) is 11.7 Å². The molecular weight excluding hydrogens is 388 g/mol. The van der Waals surface area contributed by atoms with Crippen molar-refractivity contribution in [2.45, 2.75) is 38.7 Å². The first-order valence-corrected chi connectivity index (χ1v) is 9.70. The molecule has 7 heteroatoms. The summed E-state index contributed by atoms with van der Waals surface area (Å²) in [7, 11) is 0. The first-order valence-electron chi connectivity index (χ1n) is 9.70. The van der Waals surface area contributed by atoms with E-state index in [1.165, 1.54) is 11.6 Å². The van der Waals surface area contributed by atoms with Gasteiger partial charge in [-0.1, -0.05) is 55.5 Å². The summed E-state index contributed by atoms with van der Waals surface area (Å²) < 4.78 is 29.7. The predicted octanol–water partition coefficient (Wildman–Crippen LogP) is 5.31. The van der Waals surface area contributed by atoms with Gasteiger partial charge in [0, 0.05) is 12.8 Å². The Morgan fingerprint density at radius 2 is 1.90 bits per heavy atom. The molecule has 0 bridgehead atoms. The zero-order chi connectivity index (χ0) is 21.7. The Hall–Kier alpha value is -3.35. The number of aryl methyl sites for hydroxylation is 1. The molecule has 0 radical (unpaired) electrons. The van der Waals surface area contributed by atoms with Crippen molar-refractivity contribution in [2.24, 2.45) is 0 Å². The van der Waals surface area contributed by atoms with Gasteiger partial charge in [0.05, 0.1) is 12.1 Å². The monoisotopic (exact) mass is 411 g/mol. The third kappa shape index (κ3) is 4.62. The van der Waals surface area contributed by atoms with Crippen LogP contribution in [0, 0.1) is 0 Å². The van der Waals surface area contributed by atoms with Gasteiger partial charge in [0.2, 0.25) is 5.82 Å². The first kappa shape index (κ1) is 21.4. The number of alkyl halides is 2. The maximum atomic E-state index is 14.1. The molecule has 0 aliphatic rings.